The number of methoxy groups -OCH3 is 1. The Morgan fingerprint density at radius 3 is 2.46 bits per heavy atom. The van der Waals surface area contributed by atoms with Crippen molar-refractivity contribution in [3.05, 3.63) is 75.1 Å². The zero-order valence-electron chi connectivity index (χ0n) is 15.2. The first-order valence-electron chi connectivity index (χ1n) is 8.53. The first kappa shape index (κ1) is 17.7. The lowest BCUT2D eigenvalue weighted by molar-refractivity contribution is 0.0954. The quantitative estimate of drug-likeness (QED) is 0.743. The summed E-state index contributed by atoms with van der Waals surface area (Å²) >= 11 is 0. The number of amides is 1. The second kappa shape index (κ2) is 7.44. The topological polar surface area (TPSA) is 71.2 Å². The van der Waals surface area contributed by atoms with Gasteiger partial charge in [0, 0.05) is 23.2 Å². The van der Waals surface area contributed by atoms with Gasteiger partial charge in [-0.1, -0.05) is 0 Å². The van der Waals surface area contributed by atoms with E-state index in [-0.39, 0.29) is 11.5 Å². The van der Waals surface area contributed by atoms with Crippen molar-refractivity contribution in [2.45, 2.75) is 20.3 Å². The van der Waals surface area contributed by atoms with Gasteiger partial charge in [-0.15, -0.1) is 0 Å². The molecular formula is C21H22N2O3. The Morgan fingerprint density at radius 2 is 1.77 bits per heavy atom. The van der Waals surface area contributed by atoms with Crippen molar-refractivity contribution in [2.75, 3.05) is 13.7 Å². The van der Waals surface area contributed by atoms with Gasteiger partial charge in [-0.2, -0.15) is 0 Å². The van der Waals surface area contributed by atoms with Crippen LogP contribution in [0.5, 0.6) is 5.75 Å². The minimum Gasteiger partial charge on any atom is -0.497 e. The Labute approximate surface area is 152 Å². The third-order valence-corrected chi connectivity index (χ3v) is 4.57. The highest BCUT2D eigenvalue weighted by Crippen LogP contribution is 2.17. The smallest absolute Gasteiger partial charge is 0.251 e. The Hall–Kier alpha value is -3.08. The number of fused-ring (bicyclic) bond motifs is 1. The first-order valence-corrected chi connectivity index (χ1v) is 8.53. The maximum Gasteiger partial charge on any atom is 0.251 e. The second-order valence-corrected chi connectivity index (χ2v) is 6.38. The number of carbonyl (C=O) groups excluding carboxylic acids is 1. The summed E-state index contributed by atoms with van der Waals surface area (Å²) in [6.07, 6.45) is 0.472. The summed E-state index contributed by atoms with van der Waals surface area (Å²) in [5.41, 5.74) is 4.28. The number of pyridine rings is 1. The number of hydrogen-bond acceptors (Lipinski definition) is 3. The molecule has 1 amide bonds. The monoisotopic (exact) mass is 350 g/mol. The average molecular weight is 350 g/mol. The number of aryl methyl sites for hydroxylation is 2. The van der Waals surface area contributed by atoms with Crippen LogP contribution in [0.1, 0.15) is 27.0 Å². The van der Waals surface area contributed by atoms with Crippen molar-refractivity contribution in [3.63, 3.8) is 0 Å². The van der Waals surface area contributed by atoms with Crippen LogP contribution in [0.25, 0.3) is 10.9 Å². The fourth-order valence-electron chi connectivity index (χ4n) is 2.86. The molecule has 0 fully saturated rings. The molecule has 1 heterocycles. The molecule has 5 nitrogen and oxygen atoms in total. The SMILES string of the molecule is COc1ccc(C(=O)NCCc2cc3cc(C)c(C)cc3[nH]c2=O)cc1. The van der Waals surface area contributed by atoms with Crippen LogP contribution in [-0.4, -0.2) is 24.5 Å². The van der Waals surface area contributed by atoms with Gasteiger partial charge in [0.15, 0.2) is 0 Å². The van der Waals surface area contributed by atoms with Crippen LogP contribution < -0.4 is 15.6 Å². The minimum atomic E-state index is -0.170. The zero-order chi connectivity index (χ0) is 18.7. The summed E-state index contributed by atoms with van der Waals surface area (Å²) in [6, 6.07) is 12.9. The van der Waals surface area contributed by atoms with Gasteiger partial charge in [-0.05, 0) is 79.2 Å². The molecule has 2 aromatic carbocycles. The summed E-state index contributed by atoms with van der Waals surface area (Å²) in [5, 5.41) is 3.85. The van der Waals surface area contributed by atoms with Crippen LogP contribution in [0, 0.1) is 13.8 Å². The van der Waals surface area contributed by atoms with Gasteiger partial charge >= 0.3 is 0 Å². The molecule has 0 saturated heterocycles. The lowest BCUT2D eigenvalue weighted by Gasteiger charge is -2.08. The minimum absolute atomic E-state index is 0.112. The predicted molar refractivity (Wildman–Crippen MR) is 103 cm³/mol. The Bertz CT molecular complexity index is 1000. The third kappa shape index (κ3) is 3.77. The van der Waals surface area contributed by atoms with Gasteiger partial charge in [0.05, 0.1) is 7.11 Å². The molecule has 2 N–H and O–H groups in total. The average Bonchev–Trinajstić information content (AvgIpc) is 2.64. The van der Waals surface area contributed by atoms with Crippen LogP contribution in [0.2, 0.25) is 0 Å². The number of benzene rings is 2. The molecular weight excluding hydrogens is 328 g/mol. The van der Waals surface area contributed by atoms with Gasteiger partial charge in [-0.25, -0.2) is 0 Å². The zero-order valence-corrected chi connectivity index (χ0v) is 15.2. The highest BCUT2D eigenvalue weighted by Gasteiger charge is 2.08. The molecule has 134 valence electrons. The fraction of sp³-hybridized carbons (Fsp3) is 0.238. The van der Waals surface area contributed by atoms with Gasteiger partial charge in [-0.3, -0.25) is 9.59 Å². The molecule has 0 radical (unpaired) electrons. The lowest BCUT2D eigenvalue weighted by Crippen LogP contribution is -2.27. The number of rotatable bonds is 5. The van der Waals surface area contributed by atoms with Crippen molar-refractivity contribution in [3.8, 4) is 5.75 Å². The van der Waals surface area contributed by atoms with Crippen LogP contribution >= 0.6 is 0 Å². The van der Waals surface area contributed by atoms with Crippen LogP contribution in [0.3, 0.4) is 0 Å². The molecule has 26 heavy (non-hydrogen) atoms. The summed E-state index contributed by atoms with van der Waals surface area (Å²) < 4.78 is 5.08. The standard InChI is InChI=1S/C21H22N2O3/c1-13-10-17-12-16(21(25)23-19(17)11-14(13)2)8-9-22-20(24)15-4-6-18(26-3)7-5-15/h4-7,10-12H,8-9H2,1-3H3,(H,22,24)(H,23,25). The van der Waals surface area contributed by atoms with E-state index in [9.17, 15) is 9.59 Å². The predicted octanol–water partition coefficient (Wildman–Crippen LogP) is 3.13. The number of aromatic nitrogens is 1. The third-order valence-electron chi connectivity index (χ3n) is 4.57. The second-order valence-electron chi connectivity index (χ2n) is 6.38. The first-order chi connectivity index (χ1) is 12.5. The van der Waals surface area contributed by atoms with Gasteiger partial charge in [0.25, 0.3) is 11.5 Å². The van der Waals surface area contributed by atoms with Crippen molar-refractivity contribution in [1.29, 1.82) is 0 Å². The molecule has 5 heteroatoms. The number of nitrogens with one attached hydrogen (secondary N) is 2. The summed E-state index contributed by atoms with van der Waals surface area (Å²) in [6.45, 7) is 4.47. The van der Waals surface area contributed by atoms with E-state index in [0.29, 0.717) is 29.8 Å². The summed E-state index contributed by atoms with van der Waals surface area (Å²) in [7, 11) is 1.58. The molecule has 0 atom stereocenters. The van der Waals surface area contributed by atoms with Crippen LogP contribution in [-0.2, 0) is 6.42 Å². The Kier molecular flexibility index (Phi) is 5.07. The van der Waals surface area contributed by atoms with Crippen molar-refractivity contribution >= 4 is 16.8 Å². The number of hydrogen-bond donors (Lipinski definition) is 2. The largest absolute Gasteiger partial charge is 0.497 e. The van der Waals surface area contributed by atoms with E-state index >= 15 is 0 Å². The molecule has 3 aromatic rings. The van der Waals surface area contributed by atoms with Gasteiger partial charge in [0.2, 0.25) is 0 Å². The molecule has 0 aliphatic heterocycles. The van der Waals surface area contributed by atoms with E-state index in [1.807, 2.05) is 19.1 Å². The van der Waals surface area contributed by atoms with Crippen LogP contribution in [0.15, 0.2) is 47.3 Å². The van der Waals surface area contributed by atoms with E-state index in [1.54, 1.807) is 31.4 Å². The van der Waals surface area contributed by atoms with E-state index in [0.717, 1.165) is 16.5 Å². The van der Waals surface area contributed by atoms with Crippen molar-refractivity contribution in [2.24, 2.45) is 0 Å². The maximum atomic E-state index is 12.3. The van der Waals surface area contributed by atoms with Crippen molar-refractivity contribution < 1.29 is 9.53 Å². The molecule has 3 rings (SSSR count). The highest BCUT2D eigenvalue weighted by molar-refractivity contribution is 5.94. The van der Waals surface area contributed by atoms with Gasteiger partial charge in [0.1, 0.15) is 5.75 Å². The normalized spacial score (nSPS) is 10.7. The fourth-order valence-corrected chi connectivity index (χ4v) is 2.86. The highest BCUT2D eigenvalue weighted by atomic mass is 16.5. The van der Waals surface area contributed by atoms with E-state index in [4.69, 9.17) is 4.74 Å². The lowest BCUT2D eigenvalue weighted by atomic mass is 10.0. The van der Waals surface area contributed by atoms with Crippen molar-refractivity contribution in [1.82, 2.24) is 10.3 Å². The van der Waals surface area contributed by atoms with E-state index in [2.05, 4.69) is 23.3 Å². The van der Waals surface area contributed by atoms with E-state index < -0.39 is 0 Å². The van der Waals surface area contributed by atoms with Gasteiger partial charge < -0.3 is 15.0 Å². The number of ether oxygens (including phenoxy) is 1. The summed E-state index contributed by atoms with van der Waals surface area (Å²) in [5.74, 6) is 0.533. The molecule has 1 aromatic heterocycles. The summed E-state index contributed by atoms with van der Waals surface area (Å²) in [4.78, 5) is 27.4. The number of H-pyrrole nitrogens is 1. The molecule has 0 bridgehead atoms. The van der Waals surface area contributed by atoms with E-state index in [1.165, 1.54) is 5.56 Å². The Morgan fingerprint density at radius 1 is 1.08 bits per heavy atom. The number of aromatic amines is 1. The molecule has 0 aliphatic carbocycles. The molecule has 0 aliphatic rings. The van der Waals surface area contributed by atoms with Crippen LogP contribution in [0.4, 0.5) is 0 Å². The Balaban J connectivity index is 1.69. The molecule has 0 unspecified atom stereocenters. The maximum absolute atomic E-state index is 12.3. The number of carbonyl (C=O) groups is 1. The molecule has 0 spiro atoms. The molecule has 0 saturated carbocycles.